The Balaban J connectivity index is 1.61. The van der Waals surface area contributed by atoms with Crippen molar-refractivity contribution in [2.45, 2.75) is 25.4 Å². The van der Waals surface area contributed by atoms with Gasteiger partial charge in [-0.1, -0.05) is 6.07 Å². The zero-order chi connectivity index (χ0) is 18.7. The highest BCUT2D eigenvalue weighted by Gasteiger charge is 2.36. The van der Waals surface area contributed by atoms with E-state index >= 15 is 0 Å². The molecular weight excluding hydrogens is 359 g/mol. The van der Waals surface area contributed by atoms with Crippen molar-refractivity contribution >= 4 is 21.6 Å². The number of amides is 1. The van der Waals surface area contributed by atoms with Crippen LogP contribution in [0.4, 0.5) is 10.1 Å². The first-order valence-corrected chi connectivity index (χ1v) is 10.7. The number of sulfonamides is 1. The van der Waals surface area contributed by atoms with E-state index in [0.29, 0.717) is 30.6 Å². The average Bonchev–Trinajstić information content (AvgIpc) is 3.11. The number of hydrogen-bond donors (Lipinski definition) is 2. The molecule has 2 aliphatic rings. The van der Waals surface area contributed by atoms with Crippen molar-refractivity contribution in [3.63, 3.8) is 0 Å². The third-order valence-electron chi connectivity index (χ3n) is 4.87. The monoisotopic (exact) mass is 384 g/mol. The molecule has 0 aromatic heterocycles. The predicted octanol–water partition coefficient (Wildman–Crippen LogP) is 0.276. The van der Waals surface area contributed by atoms with E-state index in [4.69, 9.17) is 0 Å². The number of carbonyl (C=O) groups excluding carboxylic acids is 1. The molecule has 2 fully saturated rings. The first kappa shape index (κ1) is 19.1. The van der Waals surface area contributed by atoms with Crippen molar-refractivity contribution in [1.29, 1.82) is 0 Å². The molecule has 9 heteroatoms. The Labute approximate surface area is 153 Å². The average molecular weight is 384 g/mol. The zero-order valence-electron chi connectivity index (χ0n) is 14.9. The summed E-state index contributed by atoms with van der Waals surface area (Å²) in [5.74, 6) is -0.642. The topological polar surface area (TPSA) is 81.8 Å². The second-order valence-electron chi connectivity index (χ2n) is 6.77. The molecule has 2 heterocycles. The van der Waals surface area contributed by atoms with Gasteiger partial charge in [-0.15, -0.1) is 0 Å². The molecule has 2 saturated heterocycles. The van der Waals surface area contributed by atoms with Gasteiger partial charge < -0.3 is 15.5 Å². The van der Waals surface area contributed by atoms with Gasteiger partial charge in [-0.3, -0.25) is 4.79 Å². The molecule has 0 unspecified atom stereocenters. The first-order chi connectivity index (χ1) is 12.4. The van der Waals surface area contributed by atoms with Crippen LogP contribution in [0, 0.1) is 5.82 Å². The van der Waals surface area contributed by atoms with E-state index in [-0.39, 0.29) is 18.3 Å². The van der Waals surface area contributed by atoms with Crippen molar-refractivity contribution in [2.75, 3.05) is 43.9 Å². The highest BCUT2D eigenvalue weighted by molar-refractivity contribution is 7.88. The van der Waals surface area contributed by atoms with Crippen molar-refractivity contribution < 1.29 is 17.6 Å². The Morgan fingerprint density at radius 2 is 2.04 bits per heavy atom. The maximum Gasteiger partial charge on any atom is 0.238 e. The summed E-state index contributed by atoms with van der Waals surface area (Å²) in [6.07, 6.45) is 2.29. The van der Waals surface area contributed by atoms with Crippen molar-refractivity contribution in [1.82, 2.24) is 14.9 Å². The van der Waals surface area contributed by atoms with Gasteiger partial charge in [-0.25, -0.2) is 12.8 Å². The number of nitrogens with one attached hydrogen (secondary N) is 2. The number of hydrogen-bond acceptors (Lipinski definition) is 5. The molecule has 3 rings (SSSR count). The molecule has 0 bridgehead atoms. The molecule has 7 nitrogen and oxygen atoms in total. The lowest BCUT2D eigenvalue weighted by Crippen LogP contribution is -2.45. The normalized spacial score (nSPS) is 21.8. The van der Waals surface area contributed by atoms with E-state index in [1.54, 1.807) is 12.1 Å². The Bertz CT molecular complexity index is 765. The number of halogens is 1. The summed E-state index contributed by atoms with van der Waals surface area (Å²) in [6.45, 7) is 3.72. The molecule has 1 amide bonds. The maximum absolute atomic E-state index is 14.4. The van der Waals surface area contributed by atoms with E-state index in [0.717, 1.165) is 32.4 Å². The van der Waals surface area contributed by atoms with Crippen LogP contribution in [0.1, 0.15) is 18.4 Å². The molecule has 0 radical (unpaired) electrons. The van der Waals surface area contributed by atoms with Crippen molar-refractivity contribution in [3.8, 4) is 0 Å². The van der Waals surface area contributed by atoms with Gasteiger partial charge in [0.2, 0.25) is 15.9 Å². The van der Waals surface area contributed by atoms with Crippen LogP contribution in [0.3, 0.4) is 0 Å². The molecule has 2 N–H and O–H groups in total. The summed E-state index contributed by atoms with van der Waals surface area (Å²) in [7, 11) is -3.40. The largest absolute Gasteiger partial charge is 0.367 e. The number of carbonyl (C=O) groups is 1. The molecule has 1 aromatic rings. The lowest BCUT2D eigenvalue weighted by atomic mass is 10.1. The fraction of sp³-hybridized carbons (Fsp3) is 0.588. The predicted molar refractivity (Wildman–Crippen MR) is 97.9 cm³/mol. The Morgan fingerprint density at radius 1 is 1.31 bits per heavy atom. The van der Waals surface area contributed by atoms with Gasteiger partial charge in [0.15, 0.2) is 0 Å². The molecule has 0 aliphatic carbocycles. The number of nitrogens with zero attached hydrogens (tertiary/aromatic N) is 2. The third kappa shape index (κ3) is 4.33. The molecule has 0 spiro atoms. The van der Waals surface area contributed by atoms with E-state index in [1.807, 2.05) is 4.90 Å². The van der Waals surface area contributed by atoms with Crippen LogP contribution in [0.25, 0.3) is 0 Å². The molecular formula is C17H25FN4O3S. The van der Waals surface area contributed by atoms with Crippen LogP contribution < -0.4 is 15.5 Å². The molecule has 0 saturated carbocycles. The SMILES string of the molecule is CS(=O)(=O)N1CCC[C@@H]1C(=O)NCc1ccc(N2CCNCC2)c(F)c1. The molecule has 2 aliphatic heterocycles. The summed E-state index contributed by atoms with van der Waals surface area (Å²) in [5.41, 5.74) is 1.22. The van der Waals surface area contributed by atoms with Crippen LogP contribution in [0.5, 0.6) is 0 Å². The maximum atomic E-state index is 14.4. The van der Waals surface area contributed by atoms with Crippen LogP contribution in [0.15, 0.2) is 18.2 Å². The van der Waals surface area contributed by atoms with Crippen LogP contribution >= 0.6 is 0 Å². The number of benzene rings is 1. The van der Waals surface area contributed by atoms with Crippen molar-refractivity contribution in [3.05, 3.63) is 29.6 Å². The number of anilines is 1. The molecule has 26 heavy (non-hydrogen) atoms. The quantitative estimate of drug-likeness (QED) is 0.762. The van der Waals surface area contributed by atoms with Gasteiger partial charge in [0.1, 0.15) is 11.9 Å². The standard InChI is InChI=1S/C17H25FN4O3S/c1-26(24,25)22-8-2-3-16(22)17(23)20-12-13-4-5-15(14(18)11-13)21-9-6-19-7-10-21/h4-5,11,16,19H,2-3,6-10,12H2,1H3,(H,20,23)/t16-/m1/s1. The molecule has 1 atom stereocenters. The van der Waals surface area contributed by atoms with Crippen molar-refractivity contribution in [2.24, 2.45) is 0 Å². The Kier molecular flexibility index (Phi) is 5.79. The van der Waals surface area contributed by atoms with E-state index in [2.05, 4.69) is 10.6 Å². The van der Waals surface area contributed by atoms with Crippen LogP contribution in [0.2, 0.25) is 0 Å². The van der Waals surface area contributed by atoms with Gasteiger partial charge in [0, 0.05) is 39.3 Å². The van der Waals surface area contributed by atoms with E-state index < -0.39 is 16.1 Å². The molecule has 1 aromatic carbocycles. The first-order valence-electron chi connectivity index (χ1n) is 8.85. The minimum absolute atomic E-state index is 0.172. The smallest absolute Gasteiger partial charge is 0.238 e. The summed E-state index contributed by atoms with van der Waals surface area (Å²) in [5, 5.41) is 5.96. The summed E-state index contributed by atoms with van der Waals surface area (Å²) in [6, 6.07) is 4.29. The lowest BCUT2D eigenvalue weighted by molar-refractivity contribution is -0.124. The van der Waals surface area contributed by atoms with Gasteiger partial charge in [0.25, 0.3) is 0 Å². The Morgan fingerprint density at radius 3 is 2.69 bits per heavy atom. The number of piperazine rings is 1. The lowest BCUT2D eigenvalue weighted by Gasteiger charge is -2.29. The van der Waals surface area contributed by atoms with E-state index in [1.165, 1.54) is 10.4 Å². The fourth-order valence-corrected chi connectivity index (χ4v) is 4.65. The zero-order valence-corrected chi connectivity index (χ0v) is 15.7. The molecule has 144 valence electrons. The highest BCUT2D eigenvalue weighted by Crippen LogP contribution is 2.22. The third-order valence-corrected chi connectivity index (χ3v) is 6.16. The fourth-order valence-electron chi connectivity index (χ4n) is 3.53. The van der Waals surface area contributed by atoms with Gasteiger partial charge in [-0.2, -0.15) is 4.31 Å². The Hall–Kier alpha value is -1.71. The van der Waals surface area contributed by atoms with Gasteiger partial charge >= 0.3 is 0 Å². The minimum atomic E-state index is -3.40. The van der Waals surface area contributed by atoms with Gasteiger partial charge in [-0.05, 0) is 30.5 Å². The summed E-state index contributed by atoms with van der Waals surface area (Å²) in [4.78, 5) is 14.3. The van der Waals surface area contributed by atoms with Crippen LogP contribution in [-0.4, -0.2) is 63.7 Å². The summed E-state index contributed by atoms with van der Waals surface area (Å²) < 4.78 is 39.1. The van der Waals surface area contributed by atoms with Gasteiger partial charge in [0.05, 0.1) is 11.9 Å². The number of rotatable bonds is 5. The second kappa shape index (κ2) is 7.89. The minimum Gasteiger partial charge on any atom is -0.367 e. The summed E-state index contributed by atoms with van der Waals surface area (Å²) >= 11 is 0. The van der Waals surface area contributed by atoms with Crippen LogP contribution in [-0.2, 0) is 21.4 Å². The second-order valence-corrected chi connectivity index (χ2v) is 8.71. The highest BCUT2D eigenvalue weighted by atomic mass is 32.2. The van der Waals surface area contributed by atoms with E-state index in [9.17, 15) is 17.6 Å².